The average molecular weight is 264 g/mol. The van der Waals surface area contributed by atoms with Gasteiger partial charge in [-0.05, 0) is 30.7 Å². The van der Waals surface area contributed by atoms with E-state index >= 15 is 0 Å². The summed E-state index contributed by atoms with van der Waals surface area (Å²) < 4.78 is 5.82. The Morgan fingerprint density at radius 1 is 1.05 bits per heavy atom. The zero-order chi connectivity index (χ0) is 13.9. The van der Waals surface area contributed by atoms with E-state index in [-0.39, 0.29) is 0 Å². The van der Waals surface area contributed by atoms with Gasteiger partial charge in [0.2, 0.25) is 5.88 Å². The van der Waals surface area contributed by atoms with E-state index in [0.717, 1.165) is 22.2 Å². The molecule has 0 atom stereocenters. The highest BCUT2D eigenvalue weighted by Crippen LogP contribution is 2.25. The highest BCUT2D eigenvalue weighted by atomic mass is 16.5. The maximum Gasteiger partial charge on any atom is 0.220 e. The van der Waals surface area contributed by atoms with E-state index in [1.807, 2.05) is 61.5 Å². The van der Waals surface area contributed by atoms with Gasteiger partial charge in [0.25, 0.3) is 0 Å². The van der Waals surface area contributed by atoms with E-state index < -0.39 is 0 Å². The monoisotopic (exact) mass is 264 g/mol. The minimum atomic E-state index is 0.466. The van der Waals surface area contributed by atoms with E-state index in [2.05, 4.69) is 4.98 Å². The molecule has 0 aliphatic carbocycles. The molecule has 3 rings (SSSR count). The molecule has 1 aromatic heterocycles. The summed E-state index contributed by atoms with van der Waals surface area (Å²) >= 11 is 0. The number of rotatable bonds is 3. The molecule has 0 unspecified atom stereocenters. The van der Waals surface area contributed by atoms with Crippen LogP contribution in [0.4, 0.5) is 0 Å². The van der Waals surface area contributed by atoms with Crippen LogP contribution >= 0.6 is 0 Å². The molecular weight excluding hydrogens is 248 g/mol. The third kappa shape index (κ3) is 2.49. The van der Waals surface area contributed by atoms with Crippen LogP contribution in [0.3, 0.4) is 0 Å². The number of nitrogens with two attached hydrogens (primary N) is 1. The second kappa shape index (κ2) is 5.31. The Kier molecular flexibility index (Phi) is 3.35. The summed E-state index contributed by atoms with van der Waals surface area (Å²) in [4.78, 5) is 4.52. The van der Waals surface area contributed by atoms with Gasteiger partial charge >= 0.3 is 0 Å². The first-order valence-corrected chi connectivity index (χ1v) is 6.59. The van der Waals surface area contributed by atoms with Gasteiger partial charge < -0.3 is 10.5 Å². The number of para-hydroxylation sites is 1. The molecule has 3 nitrogen and oxygen atoms in total. The van der Waals surface area contributed by atoms with Gasteiger partial charge in [-0.15, -0.1) is 0 Å². The fraction of sp³-hybridized carbons (Fsp3) is 0.118. The van der Waals surface area contributed by atoms with Crippen LogP contribution in [0.2, 0.25) is 0 Å². The van der Waals surface area contributed by atoms with Crippen LogP contribution in [0.5, 0.6) is 11.6 Å². The lowest BCUT2D eigenvalue weighted by Gasteiger charge is -2.09. The lowest BCUT2D eigenvalue weighted by Crippen LogP contribution is -1.99. The Morgan fingerprint density at radius 3 is 2.55 bits per heavy atom. The highest BCUT2D eigenvalue weighted by Gasteiger charge is 2.06. The number of ether oxygens (including phenoxy) is 1. The average Bonchev–Trinajstić information content (AvgIpc) is 2.49. The minimum Gasteiger partial charge on any atom is -0.439 e. The molecule has 0 saturated heterocycles. The molecular formula is C17H16N2O. The van der Waals surface area contributed by atoms with E-state index in [4.69, 9.17) is 10.5 Å². The summed E-state index contributed by atoms with van der Waals surface area (Å²) in [5, 5.41) is 1.08. The van der Waals surface area contributed by atoms with Crippen molar-refractivity contribution in [3.05, 3.63) is 65.7 Å². The predicted molar refractivity (Wildman–Crippen MR) is 80.9 cm³/mol. The first-order chi connectivity index (χ1) is 9.76. The fourth-order valence-corrected chi connectivity index (χ4v) is 2.17. The van der Waals surface area contributed by atoms with Crippen molar-refractivity contribution in [1.29, 1.82) is 0 Å². The van der Waals surface area contributed by atoms with E-state index in [1.54, 1.807) is 0 Å². The van der Waals surface area contributed by atoms with Crippen LogP contribution in [-0.4, -0.2) is 4.98 Å². The predicted octanol–water partition coefficient (Wildman–Crippen LogP) is 3.79. The summed E-state index contributed by atoms with van der Waals surface area (Å²) in [6.45, 7) is 2.51. The number of hydrogen-bond acceptors (Lipinski definition) is 3. The molecule has 0 fully saturated rings. The first kappa shape index (κ1) is 12.6. The van der Waals surface area contributed by atoms with Gasteiger partial charge in [0.1, 0.15) is 5.75 Å². The van der Waals surface area contributed by atoms with Gasteiger partial charge in [-0.3, -0.25) is 0 Å². The van der Waals surface area contributed by atoms with Crippen molar-refractivity contribution in [2.75, 3.05) is 0 Å². The maximum atomic E-state index is 5.82. The summed E-state index contributed by atoms with van der Waals surface area (Å²) in [7, 11) is 0. The lowest BCUT2D eigenvalue weighted by molar-refractivity contribution is 0.464. The largest absolute Gasteiger partial charge is 0.439 e. The number of benzene rings is 2. The lowest BCUT2D eigenvalue weighted by atomic mass is 10.1. The number of aromatic nitrogens is 1. The fourth-order valence-electron chi connectivity index (χ4n) is 2.17. The van der Waals surface area contributed by atoms with Crippen molar-refractivity contribution in [3.8, 4) is 11.6 Å². The van der Waals surface area contributed by atoms with Crippen molar-refractivity contribution in [1.82, 2.24) is 4.98 Å². The Labute approximate surface area is 118 Å². The van der Waals surface area contributed by atoms with Gasteiger partial charge in [0.15, 0.2) is 0 Å². The third-order valence-corrected chi connectivity index (χ3v) is 3.24. The molecule has 0 bridgehead atoms. The standard InChI is InChI=1S/C17H16N2O/c1-12-6-8-14(9-7-12)20-17-10-13(11-18)15-4-2-3-5-16(15)19-17/h2-10H,11,18H2,1H3. The topological polar surface area (TPSA) is 48.1 Å². The summed E-state index contributed by atoms with van der Waals surface area (Å²) in [5.41, 5.74) is 8.96. The van der Waals surface area contributed by atoms with E-state index in [0.29, 0.717) is 12.4 Å². The zero-order valence-electron chi connectivity index (χ0n) is 11.3. The summed E-state index contributed by atoms with van der Waals surface area (Å²) in [6, 6.07) is 17.8. The quantitative estimate of drug-likeness (QED) is 0.782. The Balaban J connectivity index is 2.01. The molecule has 0 amide bonds. The molecule has 3 aromatic rings. The van der Waals surface area contributed by atoms with Gasteiger partial charge in [0.05, 0.1) is 5.52 Å². The van der Waals surface area contributed by atoms with Crippen LogP contribution in [0.1, 0.15) is 11.1 Å². The van der Waals surface area contributed by atoms with Crippen LogP contribution in [0.25, 0.3) is 10.9 Å². The molecule has 0 spiro atoms. The van der Waals surface area contributed by atoms with Gasteiger partial charge in [-0.2, -0.15) is 0 Å². The molecule has 3 heteroatoms. The van der Waals surface area contributed by atoms with Crippen molar-refractivity contribution in [2.45, 2.75) is 13.5 Å². The molecule has 100 valence electrons. The van der Waals surface area contributed by atoms with Gasteiger partial charge in [-0.25, -0.2) is 4.98 Å². The molecule has 20 heavy (non-hydrogen) atoms. The van der Waals surface area contributed by atoms with Crippen molar-refractivity contribution in [3.63, 3.8) is 0 Å². The normalized spacial score (nSPS) is 10.7. The molecule has 2 N–H and O–H groups in total. The second-order valence-electron chi connectivity index (χ2n) is 4.76. The molecule has 1 heterocycles. The van der Waals surface area contributed by atoms with Crippen molar-refractivity contribution >= 4 is 10.9 Å². The third-order valence-electron chi connectivity index (χ3n) is 3.24. The smallest absolute Gasteiger partial charge is 0.220 e. The second-order valence-corrected chi connectivity index (χ2v) is 4.76. The maximum absolute atomic E-state index is 5.82. The summed E-state index contributed by atoms with van der Waals surface area (Å²) in [6.07, 6.45) is 0. The first-order valence-electron chi connectivity index (χ1n) is 6.59. The minimum absolute atomic E-state index is 0.466. The molecule has 0 saturated carbocycles. The Bertz CT molecular complexity index is 736. The summed E-state index contributed by atoms with van der Waals surface area (Å²) in [5.74, 6) is 1.36. The number of aryl methyl sites for hydroxylation is 1. The van der Waals surface area contributed by atoms with Crippen LogP contribution in [0, 0.1) is 6.92 Å². The highest BCUT2D eigenvalue weighted by molar-refractivity contribution is 5.82. The number of fused-ring (bicyclic) bond motifs is 1. The molecule has 2 aromatic carbocycles. The van der Waals surface area contributed by atoms with E-state index in [1.165, 1.54) is 5.56 Å². The molecule has 0 radical (unpaired) electrons. The Morgan fingerprint density at radius 2 is 1.80 bits per heavy atom. The number of nitrogens with zero attached hydrogens (tertiary/aromatic N) is 1. The molecule has 0 aliphatic heterocycles. The number of hydrogen-bond donors (Lipinski definition) is 1. The van der Waals surface area contributed by atoms with Gasteiger partial charge in [-0.1, -0.05) is 35.9 Å². The SMILES string of the molecule is Cc1ccc(Oc2cc(CN)c3ccccc3n2)cc1. The van der Waals surface area contributed by atoms with Gasteiger partial charge in [0, 0.05) is 18.0 Å². The zero-order valence-corrected chi connectivity index (χ0v) is 11.3. The number of pyridine rings is 1. The Hall–Kier alpha value is -2.39. The van der Waals surface area contributed by atoms with Crippen LogP contribution in [-0.2, 0) is 6.54 Å². The van der Waals surface area contributed by atoms with E-state index in [9.17, 15) is 0 Å². The van der Waals surface area contributed by atoms with Crippen molar-refractivity contribution < 1.29 is 4.74 Å². The van der Waals surface area contributed by atoms with Crippen LogP contribution < -0.4 is 10.5 Å². The molecule has 0 aliphatic rings. The van der Waals surface area contributed by atoms with Crippen LogP contribution in [0.15, 0.2) is 54.6 Å². The van der Waals surface area contributed by atoms with Crippen molar-refractivity contribution in [2.24, 2.45) is 5.73 Å².